The van der Waals surface area contributed by atoms with Gasteiger partial charge < -0.3 is 15.1 Å². The van der Waals surface area contributed by atoms with E-state index in [-0.39, 0.29) is 6.03 Å². The van der Waals surface area contributed by atoms with Crippen molar-refractivity contribution in [3.63, 3.8) is 0 Å². The molecule has 20 heavy (non-hydrogen) atoms. The maximum atomic E-state index is 12.1. The van der Waals surface area contributed by atoms with Gasteiger partial charge >= 0.3 is 6.03 Å². The number of nitriles is 1. The van der Waals surface area contributed by atoms with Gasteiger partial charge in [-0.05, 0) is 24.2 Å². The van der Waals surface area contributed by atoms with Crippen molar-refractivity contribution in [2.24, 2.45) is 0 Å². The number of nitrogens with one attached hydrogen (secondary N) is 1. The Labute approximate surface area is 119 Å². The van der Waals surface area contributed by atoms with Crippen LogP contribution in [-0.2, 0) is 6.54 Å². The van der Waals surface area contributed by atoms with Gasteiger partial charge in [0.05, 0.1) is 11.6 Å². The van der Waals surface area contributed by atoms with E-state index >= 15 is 0 Å². The van der Waals surface area contributed by atoms with Gasteiger partial charge in [-0.25, -0.2) is 4.79 Å². The molecule has 0 aromatic heterocycles. The molecule has 5 nitrogen and oxygen atoms in total. The maximum Gasteiger partial charge on any atom is 0.317 e. The molecule has 1 N–H and O–H groups in total. The maximum absolute atomic E-state index is 12.1. The second-order valence-corrected chi connectivity index (χ2v) is 4.89. The zero-order valence-corrected chi connectivity index (χ0v) is 11.8. The molecule has 0 bridgehead atoms. The van der Waals surface area contributed by atoms with Gasteiger partial charge in [-0.1, -0.05) is 19.1 Å². The lowest BCUT2D eigenvalue weighted by Crippen LogP contribution is -2.51. The standard InChI is InChI=1S/C15H20N4O/c1-2-18-6-8-19(9-7-18)15(20)17-12-14-5-3-4-13(10-14)11-16/h3-5,10H,2,6-9,12H2,1H3,(H,17,20). The van der Waals surface area contributed by atoms with Crippen molar-refractivity contribution in [3.8, 4) is 6.07 Å². The average molecular weight is 272 g/mol. The third-order valence-corrected chi connectivity index (χ3v) is 3.61. The van der Waals surface area contributed by atoms with E-state index in [1.807, 2.05) is 17.0 Å². The molecule has 1 aromatic carbocycles. The van der Waals surface area contributed by atoms with E-state index in [1.54, 1.807) is 12.1 Å². The molecule has 0 aliphatic carbocycles. The van der Waals surface area contributed by atoms with E-state index in [0.717, 1.165) is 38.3 Å². The number of piperazine rings is 1. The second kappa shape index (κ2) is 6.92. The lowest BCUT2D eigenvalue weighted by molar-refractivity contribution is 0.142. The van der Waals surface area contributed by atoms with E-state index in [1.165, 1.54) is 0 Å². The molecule has 1 aliphatic heterocycles. The van der Waals surface area contributed by atoms with E-state index in [2.05, 4.69) is 23.2 Å². The number of nitrogens with zero attached hydrogens (tertiary/aromatic N) is 3. The monoisotopic (exact) mass is 272 g/mol. The van der Waals surface area contributed by atoms with E-state index in [4.69, 9.17) is 5.26 Å². The number of amides is 2. The summed E-state index contributed by atoms with van der Waals surface area (Å²) in [5.74, 6) is 0. The molecule has 1 heterocycles. The summed E-state index contributed by atoms with van der Waals surface area (Å²) in [6.45, 7) is 7.06. The third kappa shape index (κ3) is 3.72. The van der Waals surface area contributed by atoms with Gasteiger partial charge in [0.2, 0.25) is 0 Å². The molecule has 0 radical (unpaired) electrons. The van der Waals surface area contributed by atoms with Crippen LogP contribution in [0.15, 0.2) is 24.3 Å². The van der Waals surface area contributed by atoms with Gasteiger partial charge in [0.1, 0.15) is 0 Å². The van der Waals surface area contributed by atoms with Gasteiger partial charge in [-0.3, -0.25) is 0 Å². The highest BCUT2D eigenvalue weighted by molar-refractivity contribution is 5.74. The average Bonchev–Trinajstić information content (AvgIpc) is 2.53. The molecule has 5 heteroatoms. The molecule has 1 saturated heterocycles. The number of benzene rings is 1. The Morgan fingerprint density at radius 2 is 2.10 bits per heavy atom. The molecule has 0 unspecified atom stereocenters. The van der Waals surface area contributed by atoms with Gasteiger partial charge in [0.25, 0.3) is 0 Å². The summed E-state index contributed by atoms with van der Waals surface area (Å²) in [5, 5.41) is 11.8. The minimum absolute atomic E-state index is 0.0249. The van der Waals surface area contributed by atoms with Gasteiger partial charge in [-0.2, -0.15) is 5.26 Å². The zero-order chi connectivity index (χ0) is 14.4. The molecular weight excluding hydrogens is 252 g/mol. The summed E-state index contributed by atoms with van der Waals surface area (Å²) in [4.78, 5) is 16.2. The number of hydrogen-bond acceptors (Lipinski definition) is 3. The molecule has 106 valence electrons. The highest BCUT2D eigenvalue weighted by atomic mass is 16.2. The molecule has 1 fully saturated rings. The first-order valence-corrected chi connectivity index (χ1v) is 6.97. The summed E-state index contributed by atoms with van der Waals surface area (Å²) in [5.41, 5.74) is 1.57. The Morgan fingerprint density at radius 3 is 2.75 bits per heavy atom. The van der Waals surface area contributed by atoms with Crippen LogP contribution in [0.3, 0.4) is 0 Å². The van der Waals surface area contributed by atoms with Crippen molar-refractivity contribution in [3.05, 3.63) is 35.4 Å². The van der Waals surface area contributed by atoms with Gasteiger partial charge in [0, 0.05) is 32.7 Å². The zero-order valence-electron chi connectivity index (χ0n) is 11.8. The molecule has 2 amide bonds. The smallest absolute Gasteiger partial charge is 0.317 e. The van der Waals surface area contributed by atoms with Crippen molar-refractivity contribution < 1.29 is 4.79 Å². The number of likely N-dealkylation sites (N-methyl/N-ethyl adjacent to an activating group) is 1. The summed E-state index contributed by atoms with van der Waals surface area (Å²) in [7, 11) is 0. The Bertz CT molecular complexity index is 501. The van der Waals surface area contributed by atoms with Crippen LogP contribution < -0.4 is 5.32 Å². The van der Waals surface area contributed by atoms with Crippen molar-refractivity contribution in [2.75, 3.05) is 32.7 Å². The molecular formula is C15H20N4O. The molecule has 0 saturated carbocycles. The van der Waals surface area contributed by atoms with Crippen molar-refractivity contribution >= 4 is 6.03 Å². The molecule has 0 spiro atoms. The lowest BCUT2D eigenvalue weighted by atomic mass is 10.1. The molecule has 2 rings (SSSR count). The van der Waals surface area contributed by atoms with Crippen molar-refractivity contribution in [2.45, 2.75) is 13.5 Å². The Kier molecular flexibility index (Phi) is 4.97. The summed E-state index contributed by atoms with van der Waals surface area (Å²) < 4.78 is 0. The minimum Gasteiger partial charge on any atom is -0.334 e. The van der Waals surface area contributed by atoms with E-state index in [0.29, 0.717) is 12.1 Å². The van der Waals surface area contributed by atoms with Crippen molar-refractivity contribution in [1.82, 2.24) is 15.1 Å². The van der Waals surface area contributed by atoms with Crippen LogP contribution in [0.2, 0.25) is 0 Å². The fourth-order valence-electron chi connectivity index (χ4n) is 2.31. The van der Waals surface area contributed by atoms with Crippen LogP contribution in [0.5, 0.6) is 0 Å². The lowest BCUT2D eigenvalue weighted by Gasteiger charge is -2.34. The van der Waals surface area contributed by atoms with Gasteiger partial charge in [-0.15, -0.1) is 0 Å². The fraction of sp³-hybridized carbons (Fsp3) is 0.467. The summed E-state index contributed by atoms with van der Waals surface area (Å²) in [6, 6.07) is 9.38. The topological polar surface area (TPSA) is 59.4 Å². The Balaban J connectivity index is 1.82. The third-order valence-electron chi connectivity index (χ3n) is 3.61. The first kappa shape index (κ1) is 14.4. The number of carbonyl (C=O) groups excluding carboxylic acids is 1. The Morgan fingerprint density at radius 1 is 1.35 bits per heavy atom. The van der Waals surface area contributed by atoms with Crippen molar-refractivity contribution in [1.29, 1.82) is 5.26 Å². The predicted octanol–water partition coefficient (Wildman–Crippen LogP) is 1.41. The molecule has 1 aliphatic rings. The van der Waals surface area contributed by atoms with Crippen LogP contribution in [0.25, 0.3) is 0 Å². The SMILES string of the molecule is CCN1CCN(C(=O)NCc2cccc(C#N)c2)CC1. The van der Waals surface area contributed by atoms with E-state index in [9.17, 15) is 4.79 Å². The quantitative estimate of drug-likeness (QED) is 0.905. The summed E-state index contributed by atoms with van der Waals surface area (Å²) in [6.07, 6.45) is 0. The highest BCUT2D eigenvalue weighted by Gasteiger charge is 2.19. The van der Waals surface area contributed by atoms with E-state index < -0.39 is 0 Å². The van der Waals surface area contributed by atoms with Crippen LogP contribution in [0.1, 0.15) is 18.1 Å². The molecule has 1 aromatic rings. The minimum atomic E-state index is -0.0249. The normalized spacial score (nSPS) is 15.7. The first-order valence-electron chi connectivity index (χ1n) is 6.97. The van der Waals surface area contributed by atoms with Crippen LogP contribution >= 0.6 is 0 Å². The Hall–Kier alpha value is -2.06. The predicted molar refractivity (Wildman–Crippen MR) is 77.1 cm³/mol. The van der Waals surface area contributed by atoms with Gasteiger partial charge in [0.15, 0.2) is 0 Å². The molecule has 0 atom stereocenters. The number of urea groups is 1. The first-order chi connectivity index (χ1) is 9.72. The summed E-state index contributed by atoms with van der Waals surface area (Å²) >= 11 is 0. The van der Waals surface area contributed by atoms with Crippen LogP contribution in [-0.4, -0.2) is 48.6 Å². The fourth-order valence-corrected chi connectivity index (χ4v) is 2.31. The second-order valence-electron chi connectivity index (χ2n) is 4.89. The number of hydrogen-bond donors (Lipinski definition) is 1. The largest absolute Gasteiger partial charge is 0.334 e. The highest BCUT2D eigenvalue weighted by Crippen LogP contribution is 2.05. The number of rotatable bonds is 3. The van der Waals surface area contributed by atoms with Crippen LogP contribution in [0.4, 0.5) is 4.79 Å². The van der Waals surface area contributed by atoms with Crippen LogP contribution in [0, 0.1) is 11.3 Å². The number of carbonyl (C=O) groups is 1.